The summed E-state index contributed by atoms with van der Waals surface area (Å²) < 4.78 is 6.34. The predicted octanol–water partition coefficient (Wildman–Crippen LogP) is 2.87. The number of hydrogen-bond acceptors (Lipinski definition) is 4. The predicted molar refractivity (Wildman–Crippen MR) is 65.2 cm³/mol. The molecule has 0 fully saturated rings. The number of hydrogen-bond donors (Lipinski definition) is 1. The van der Waals surface area contributed by atoms with Crippen LogP contribution in [0.1, 0.15) is 5.89 Å². The Morgan fingerprint density at radius 3 is 3.00 bits per heavy atom. The van der Waals surface area contributed by atoms with Crippen LogP contribution in [0, 0.1) is 0 Å². The van der Waals surface area contributed by atoms with Crippen molar-refractivity contribution in [3.05, 3.63) is 33.6 Å². The van der Waals surface area contributed by atoms with Gasteiger partial charge in [-0.15, -0.1) is 10.2 Å². The zero-order valence-corrected chi connectivity index (χ0v) is 10.8. The highest BCUT2D eigenvalue weighted by Gasteiger charge is 2.11. The van der Waals surface area contributed by atoms with Crippen molar-refractivity contribution >= 4 is 27.5 Å². The molecule has 4 nitrogen and oxygen atoms in total. The van der Waals surface area contributed by atoms with E-state index in [1.54, 1.807) is 12.1 Å². The van der Waals surface area contributed by atoms with Crippen LogP contribution in [0.3, 0.4) is 0 Å². The molecule has 6 heteroatoms. The van der Waals surface area contributed by atoms with Crippen LogP contribution < -0.4 is 5.32 Å². The first-order valence-corrected chi connectivity index (χ1v) is 5.80. The molecule has 0 aliphatic carbocycles. The Labute approximate surface area is 106 Å². The second-order valence-corrected chi connectivity index (χ2v) is 4.45. The van der Waals surface area contributed by atoms with E-state index in [1.807, 2.05) is 13.1 Å². The van der Waals surface area contributed by atoms with E-state index >= 15 is 0 Å². The fraction of sp³-hybridized carbons (Fsp3) is 0.200. The first kappa shape index (κ1) is 11.6. The van der Waals surface area contributed by atoms with Gasteiger partial charge < -0.3 is 9.73 Å². The summed E-state index contributed by atoms with van der Waals surface area (Å²) in [5.41, 5.74) is 0.794. The molecule has 0 spiro atoms. The Balaban J connectivity index is 2.38. The molecule has 0 saturated heterocycles. The van der Waals surface area contributed by atoms with Crippen LogP contribution in [0.2, 0.25) is 5.02 Å². The summed E-state index contributed by atoms with van der Waals surface area (Å²) in [4.78, 5) is 0. The second-order valence-electron chi connectivity index (χ2n) is 3.16. The molecule has 0 atom stereocenters. The largest absolute Gasteiger partial charge is 0.419 e. The zero-order chi connectivity index (χ0) is 11.5. The van der Waals surface area contributed by atoms with Crippen LogP contribution in [0.4, 0.5) is 0 Å². The van der Waals surface area contributed by atoms with E-state index in [1.165, 1.54) is 0 Å². The minimum Gasteiger partial charge on any atom is -0.419 e. The van der Waals surface area contributed by atoms with E-state index in [0.717, 1.165) is 10.0 Å². The fourth-order valence-corrected chi connectivity index (χ4v) is 1.83. The van der Waals surface area contributed by atoms with Gasteiger partial charge in [0.15, 0.2) is 0 Å². The number of benzene rings is 1. The molecule has 0 radical (unpaired) electrons. The molecule has 0 bridgehead atoms. The Kier molecular flexibility index (Phi) is 3.58. The van der Waals surface area contributed by atoms with Gasteiger partial charge in [0.1, 0.15) is 0 Å². The van der Waals surface area contributed by atoms with Gasteiger partial charge in [-0.25, -0.2) is 0 Å². The summed E-state index contributed by atoms with van der Waals surface area (Å²) in [7, 11) is 1.82. The molecule has 0 amide bonds. The van der Waals surface area contributed by atoms with E-state index in [4.69, 9.17) is 16.0 Å². The number of nitrogens with zero attached hydrogens (tertiary/aromatic N) is 2. The third-order valence-electron chi connectivity index (χ3n) is 1.95. The highest BCUT2D eigenvalue weighted by molar-refractivity contribution is 9.10. The minimum atomic E-state index is 0.458. The first-order chi connectivity index (χ1) is 7.70. The van der Waals surface area contributed by atoms with Gasteiger partial charge in [-0.1, -0.05) is 11.6 Å². The average Bonchev–Trinajstić information content (AvgIpc) is 2.71. The van der Waals surface area contributed by atoms with E-state index in [2.05, 4.69) is 31.4 Å². The number of nitrogens with one attached hydrogen (secondary N) is 1. The minimum absolute atomic E-state index is 0.458. The highest BCUT2D eigenvalue weighted by atomic mass is 79.9. The van der Waals surface area contributed by atoms with E-state index in [-0.39, 0.29) is 0 Å². The van der Waals surface area contributed by atoms with Gasteiger partial charge in [0.25, 0.3) is 0 Å². The molecule has 1 aromatic carbocycles. The molecular weight excluding hydrogens is 293 g/mol. The lowest BCUT2D eigenvalue weighted by molar-refractivity contribution is 0.490. The van der Waals surface area contributed by atoms with Gasteiger partial charge in [0.05, 0.1) is 12.1 Å². The molecule has 0 unspecified atom stereocenters. The van der Waals surface area contributed by atoms with Gasteiger partial charge in [-0.3, -0.25) is 0 Å². The molecule has 16 heavy (non-hydrogen) atoms. The Morgan fingerprint density at radius 2 is 2.25 bits per heavy atom. The summed E-state index contributed by atoms with van der Waals surface area (Å²) in [5, 5.41) is 11.4. The number of rotatable bonds is 3. The molecule has 2 aromatic rings. The third kappa shape index (κ3) is 2.42. The molecule has 2 rings (SSSR count). The van der Waals surface area contributed by atoms with Gasteiger partial charge in [-0.05, 0) is 41.2 Å². The normalized spacial score (nSPS) is 10.7. The van der Waals surface area contributed by atoms with Crippen molar-refractivity contribution in [1.82, 2.24) is 15.5 Å². The van der Waals surface area contributed by atoms with Crippen molar-refractivity contribution in [2.45, 2.75) is 6.54 Å². The van der Waals surface area contributed by atoms with Gasteiger partial charge in [-0.2, -0.15) is 0 Å². The second kappa shape index (κ2) is 4.95. The Morgan fingerprint density at radius 1 is 1.44 bits per heavy atom. The Bertz CT molecular complexity index is 501. The smallest absolute Gasteiger partial charge is 0.249 e. The van der Waals surface area contributed by atoms with Crippen LogP contribution in [0.15, 0.2) is 27.1 Å². The number of aromatic nitrogens is 2. The quantitative estimate of drug-likeness (QED) is 0.947. The maximum atomic E-state index is 5.91. The molecular formula is C10H9BrClN3O. The van der Waals surface area contributed by atoms with E-state index in [9.17, 15) is 0 Å². The topological polar surface area (TPSA) is 51.0 Å². The SMILES string of the molecule is CNCc1nnc(-c2cc(Cl)ccc2Br)o1. The maximum Gasteiger partial charge on any atom is 0.249 e. The number of halogens is 2. The summed E-state index contributed by atoms with van der Waals surface area (Å²) >= 11 is 9.32. The fourth-order valence-electron chi connectivity index (χ4n) is 1.25. The zero-order valence-electron chi connectivity index (χ0n) is 8.50. The highest BCUT2D eigenvalue weighted by Crippen LogP contribution is 2.29. The maximum absolute atomic E-state index is 5.91. The van der Waals surface area contributed by atoms with Crippen LogP contribution in [0.5, 0.6) is 0 Å². The summed E-state index contributed by atoms with van der Waals surface area (Å²) in [5.74, 6) is 1.00. The van der Waals surface area contributed by atoms with Crippen LogP contribution in [-0.4, -0.2) is 17.2 Å². The van der Waals surface area contributed by atoms with Gasteiger partial charge in [0, 0.05) is 9.50 Å². The lowest BCUT2D eigenvalue weighted by Crippen LogP contribution is -2.04. The third-order valence-corrected chi connectivity index (χ3v) is 2.88. The van der Waals surface area contributed by atoms with Crippen molar-refractivity contribution < 1.29 is 4.42 Å². The van der Waals surface area contributed by atoms with E-state index < -0.39 is 0 Å². The monoisotopic (exact) mass is 301 g/mol. The lowest BCUT2D eigenvalue weighted by Gasteiger charge is -1.99. The molecule has 0 aliphatic rings. The Hall–Kier alpha value is -0.910. The van der Waals surface area contributed by atoms with Crippen molar-refractivity contribution in [3.8, 4) is 11.5 Å². The van der Waals surface area contributed by atoms with Gasteiger partial charge in [0.2, 0.25) is 11.8 Å². The summed E-state index contributed by atoms with van der Waals surface area (Å²) in [6.07, 6.45) is 0. The molecule has 0 aliphatic heterocycles. The first-order valence-electron chi connectivity index (χ1n) is 4.63. The van der Waals surface area contributed by atoms with Crippen LogP contribution >= 0.6 is 27.5 Å². The van der Waals surface area contributed by atoms with E-state index in [0.29, 0.717) is 23.3 Å². The molecule has 1 aromatic heterocycles. The molecule has 0 saturated carbocycles. The summed E-state index contributed by atoms with van der Waals surface area (Å²) in [6.45, 7) is 0.547. The van der Waals surface area contributed by atoms with Crippen molar-refractivity contribution in [3.63, 3.8) is 0 Å². The molecule has 84 valence electrons. The molecule has 1 N–H and O–H groups in total. The average molecular weight is 303 g/mol. The lowest BCUT2D eigenvalue weighted by atomic mass is 10.2. The van der Waals surface area contributed by atoms with Crippen molar-refractivity contribution in [1.29, 1.82) is 0 Å². The van der Waals surface area contributed by atoms with Crippen molar-refractivity contribution in [2.75, 3.05) is 7.05 Å². The van der Waals surface area contributed by atoms with Gasteiger partial charge >= 0.3 is 0 Å². The molecule has 1 heterocycles. The standard InChI is InChI=1S/C10H9BrClN3O/c1-13-5-9-14-15-10(16-9)7-4-6(12)2-3-8(7)11/h2-4,13H,5H2,1H3. The van der Waals surface area contributed by atoms with Crippen LogP contribution in [0.25, 0.3) is 11.5 Å². The van der Waals surface area contributed by atoms with Crippen molar-refractivity contribution in [2.24, 2.45) is 0 Å². The summed E-state index contributed by atoms with van der Waals surface area (Å²) in [6, 6.07) is 5.42. The van der Waals surface area contributed by atoms with Crippen LogP contribution in [-0.2, 0) is 6.54 Å².